The van der Waals surface area contributed by atoms with Gasteiger partial charge in [-0.1, -0.05) is 6.92 Å². The Hall–Kier alpha value is -2.47. The van der Waals surface area contributed by atoms with Crippen molar-refractivity contribution in [2.75, 3.05) is 0 Å². The monoisotopic (exact) mass is 304 g/mol. The molecule has 0 fully saturated rings. The average Bonchev–Trinajstić information content (AvgIpc) is 2.94. The zero-order chi connectivity index (χ0) is 15.6. The maximum absolute atomic E-state index is 12.4. The number of carbonyl (C=O) groups is 3. The largest absolute Gasteiger partial charge is 0.478 e. The Morgan fingerprint density at radius 3 is 2.24 bits per heavy atom. The fourth-order valence-corrected chi connectivity index (χ4v) is 2.78. The number of hydrogen-bond acceptors (Lipinski definition) is 4. The highest BCUT2D eigenvalue weighted by atomic mass is 32.1. The molecule has 0 bridgehead atoms. The number of aromatic carboxylic acids is 2. The van der Waals surface area contributed by atoms with E-state index in [-0.39, 0.29) is 16.7 Å². The van der Waals surface area contributed by atoms with Crippen LogP contribution >= 0.6 is 11.3 Å². The van der Waals surface area contributed by atoms with Gasteiger partial charge >= 0.3 is 11.9 Å². The highest BCUT2D eigenvalue weighted by Crippen LogP contribution is 2.23. The number of benzene rings is 1. The molecule has 1 heterocycles. The van der Waals surface area contributed by atoms with E-state index >= 15 is 0 Å². The van der Waals surface area contributed by atoms with Crippen molar-refractivity contribution >= 4 is 29.1 Å². The van der Waals surface area contributed by atoms with Crippen LogP contribution in [0.25, 0.3) is 0 Å². The minimum atomic E-state index is -1.33. The van der Waals surface area contributed by atoms with Gasteiger partial charge in [-0.15, -0.1) is 11.3 Å². The van der Waals surface area contributed by atoms with Crippen LogP contribution in [0.1, 0.15) is 47.8 Å². The standard InChI is InChI=1S/C15H12O5S/c1-2-9-4-6-12(21-9)13(16)10-5-3-8(14(17)18)7-11(10)15(19)20/h3-7H,2H2,1H3,(H,17,18)(H,19,20). The van der Waals surface area contributed by atoms with Crippen LogP contribution in [0, 0.1) is 0 Å². The SMILES string of the molecule is CCc1ccc(C(=O)c2ccc(C(=O)O)cc2C(=O)O)s1. The van der Waals surface area contributed by atoms with Gasteiger partial charge < -0.3 is 10.2 Å². The molecule has 0 aliphatic heterocycles. The second-order valence-electron chi connectivity index (χ2n) is 4.32. The van der Waals surface area contributed by atoms with Crippen LogP contribution in [0.2, 0.25) is 0 Å². The van der Waals surface area contributed by atoms with Gasteiger partial charge in [0.05, 0.1) is 16.0 Å². The molecule has 0 amide bonds. The maximum Gasteiger partial charge on any atom is 0.336 e. The van der Waals surface area contributed by atoms with Gasteiger partial charge in [-0.25, -0.2) is 9.59 Å². The predicted octanol–water partition coefficient (Wildman–Crippen LogP) is 2.94. The van der Waals surface area contributed by atoms with E-state index in [1.54, 1.807) is 6.07 Å². The van der Waals surface area contributed by atoms with Gasteiger partial charge in [0.1, 0.15) is 0 Å². The Bertz CT molecular complexity index is 729. The first-order chi connectivity index (χ1) is 9.93. The van der Waals surface area contributed by atoms with Gasteiger partial charge in [-0.05, 0) is 36.8 Å². The van der Waals surface area contributed by atoms with E-state index in [2.05, 4.69) is 0 Å². The van der Waals surface area contributed by atoms with Crippen LogP contribution in [-0.2, 0) is 6.42 Å². The molecule has 1 aromatic heterocycles. The first kappa shape index (κ1) is 14.9. The molecule has 0 unspecified atom stereocenters. The van der Waals surface area contributed by atoms with E-state index in [0.717, 1.165) is 17.4 Å². The molecular formula is C15H12O5S. The molecular weight excluding hydrogens is 292 g/mol. The number of thiophene rings is 1. The third-order valence-electron chi connectivity index (χ3n) is 2.98. The fourth-order valence-electron chi connectivity index (χ4n) is 1.87. The van der Waals surface area contributed by atoms with Crippen molar-refractivity contribution < 1.29 is 24.6 Å². The summed E-state index contributed by atoms with van der Waals surface area (Å²) in [5, 5.41) is 18.1. The highest BCUT2D eigenvalue weighted by molar-refractivity contribution is 7.14. The third-order valence-corrected chi connectivity index (χ3v) is 4.20. The van der Waals surface area contributed by atoms with Gasteiger partial charge in [0.15, 0.2) is 0 Å². The normalized spacial score (nSPS) is 10.3. The van der Waals surface area contributed by atoms with Crippen molar-refractivity contribution in [3.63, 3.8) is 0 Å². The van der Waals surface area contributed by atoms with E-state index in [1.165, 1.54) is 23.5 Å². The summed E-state index contributed by atoms with van der Waals surface area (Å²) < 4.78 is 0. The number of carboxylic acid groups (broad SMARTS) is 2. The van der Waals surface area contributed by atoms with E-state index in [9.17, 15) is 19.5 Å². The lowest BCUT2D eigenvalue weighted by molar-refractivity contribution is 0.0693. The maximum atomic E-state index is 12.4. The summed E-state index contributed by atoms with van der Waals surface area (Å²) in [5.41, 5.74) is -0.465. The van der Waals surface area contributed by atoms with Crippen LogP contribution in [0.15, 0.2) is 30.3 Å². The Morgan fingerprint density at radius 2 is 1.71 bits per heavy atom. The van der Waals surface area contributed by atoms with Gasteiger partial charge in [-0.3, -0.25) is 4.79 Å². The van der Waals surface area contributed by atoms with E-state index in [1.807, 2.05) is 13.0 Å². The number of carbonyl (C=O) groups excluding carboxylic acids is 1. The Morgan fingerprint density at radius 1 is 1.00 bits per heavy atom. The van der Waals surface area contributed by atoms with Crippen LogP contribution in [0.4, 0.5) is 0 Å². The topological polar surface area (TPSA) is 91.7 Å². The first-order valence-corrected chi connectivity index (χ1v) is 6.99. The minimum absolute atomic E-state index is 0.00277. The average molecular weight is 304 g/mol. The van der Waals surface area contributed by atoms with Crippen LogP contribution in [-0.4, -0.2) is 27.9 Å². The highest BCUT2D eigenvalue weighted by Gasteiger charge is 2.21. The van der Waals surface area contributed by atoms with Crippen molar-refractivity contribution in [3.8, 4) is 0 Å². The quantitative estimate of drug-likeness (QED) is 0.829. The Kier molecular flexibility index (Phi) is 4.18. The van der Waals surface area contributed by atoms with E-state index < -0.39 is 17.7 Å². The molecule has 5 nitrogen and oxygen atoms in total. The molecule has 0 saturated heterocycles. The molecule has 6 heteroatoms. The van der Waals surface area contributed by atoms with Gasteiger partial charge in [0.2, 0.25) is 5.78 Å². The Balaban J connectivity index is 2.49. The summed E-state index contributed by atoms with van der Waals surface area (Å²) in [5.74, 6) is -2.97. The summed E-state index contributed by atoms with van der Waals surface area (Å²) in [6.07, 6.45) is 0.793. The predicted molar refractivity (Wildman–Crippen MR) is 77.5 cm³/mol. The van der Waals surface area contributed by atoms with Crippen LogP contribution < -0.4 is 0 Å². The molecule has 0 aliphatic rings. The minimum Gasteiger partial charge on any atom is -0.478 e. The number of carboxylic acids is 2. The lowest BCUT2D eigenvalue weighted by atomic mass is 10.00. The molecule has 0 saturated carbocycles. The van der Waals surface area contributed by atoms with E-state index in [4.69, 9.17) is 5.11 Å². The van der Waals surface area contributed by atoms with Crippen molar-refractivity contribution in [2.45, 2.75) is 13.3 Å². The van der Waals surface area contributed by atoms with Gasteiger partial charge in [0.25, 0.3) is 0 Å². The molecule has 0 atom stereocenters. The summed E-state index contributed by atoms with van der Waals surface area (Å²) in [6, 6.07) is 6.97. The molecule has 0 spiro atoms. The van der Waals surface area contributed by atoms with Crippen molar-refractivity contribution in [3.05, 3.63) is 56.8 Å². The van der Waals surface area contributed by atoms with Crippen molar-refractivity contribution in [2.24, 2.45) is 0 Å². The smallest absolute Gasteiger partial charge is 0.336 e. The summed E-state index contributed by atoms with van der Waals surface area (Å²) in [4.78, 5) is 36.0. The lowest BCUT2D eigenvalue weighted by Crippen LogP contribution is -2.10. The first-order valence-electron chi connectivity index (χ1n) is 6.18. The number of aryl methyl sites for hydroxylation is 1. The van der Waals surface area contributed by atoms with Gasteiger partial charge in [-0.2, -0.15) is 0 Å². The van der Waals surface area contributed by atoms with Crippen LogP contribution in [0.3, 0.4) is 0 Å². The third kappa shape index (κ3) is 3.00. The zero-order valence-electron chi connectivity index (χ0n) is 11.1. The van der Waals surface area contributed by atoms with Crippen molar-refractivity contribution in [1.82, 2.24) is 0 Å². The second kappa shape index (κ2) is 5.88. The fraction of sp³-hybridized carbons (Fsp3) is 0.133. The summed E-state index contributed by atoms with van der Waals surface area (Å²) >= 11 is 1.31. The molecule has 1 aromatic carbocycles. The van der Waals surface area contributed by atoms with Gasteiger partial charge in [0, 0.05) is 10.4 Å². The zero-order valence-corrected chi connectivity index (χ0v) is 11.9. The number of hydrogen-bond donors (Lipinski definition) is 2. The molecule has 0 aliphatic carbocycles. The molecule has 2 aromatic rings. The lowest BCUT2D eigenvalue weighted by Gasteiger charge is -2.05. The Labute approximate surface area is 124 Å². The number of ketones is 1. The number of rotatable bonds is 5. The molecule has 108 valence electrons. The second-order valence-corrected chi connectivity index (χ2v) is 5.49. The molecule has 21 heavy (non-hydrogen) atoms. The van der Waals surface area contributed by atoms with E-state index in [0.29, 0.717) is 4.88 Å². The molecule has 2 rings (SSSR count). The summed E-state index contributed by atoms with van der Waals surface area (Å²) in [7, 11) is 0. The molecule has 0 radical (unpaired) electrons. The van der Waals surface area contributed by atoms with Crippen LogP contribution in [0.5, 0.6) is 0 Å². The summed E-state index contributed by atoms with van der Waals surface area (Å²) in [6.45, 7) is 1.96. The molecule has 2 N–H and O–H groups in total. The van der Waals surface area contributed by atoms with Crippen molar-refractivity contribution in [1.29, 1.82) is 0 Å².